The Hall–Kier alpha value is -2.34. The summed E-state index contributed by atoms with van der Waals surface area (Å²) in [5, 5.41) is 17.1. The summed E-state index contributed by atoms with van der Waals surface area (Å²) >= 11 is 6.29. The molecule has 34 heavy (non-hydrogen) atoms. The second kappa shape index (κ2) is 10.5. The Morgan fingerprint density at radius 2 is 1.97 bits per heavy atom. The number of carbonyl (C=O) groups is 2. The van der Waals surface area contributed by atoms with Crippen molar-refractivity contribution in [2.75, 3.05) is 5.32 Å². The van der Waals surface area contributed by atoms with Gasteiger partial charge >= 0.3 is 5.97 Å². The fourth-order valence-corrected chi connectivity index (χ4v) is 5.57. The summed E-state index contributed by atoms with van der Waals surface area (Å²) in [6, 6.07) is 5.48. The predicted octanol–water partition coefficient (Wildman–Crippen LogP) is 7.03. The van der Waals surface area contributed by atoms with E-state index in [-0.39, 0.29) is 24.7 Å². The Balaban J connectivity index is 1.52. The monoisotopic (exact) mass is 486 g/mol. The lowest BCUT2D eigenvalue weighted by Crippen LogP contribution is -2.24. The Bertz CT molecular complexity index is 1040. The maximum Gasteiger partial charge on any atom is 0.303 e. The number of amides is 1. The molecule has 1 aromatic carbocycles. The maximum atomic E-state index is 13.0. The molecule has 1 aromatic heterocycles. The Morgan fingerprint density at radius 3 is 2.59 bits per heavy atom. The number of nitrogens with zero attached hydrogens (tertiary/aromatic N) is 1. The van der Waals surface area contributed by atoms with Crippen LogP contribution in [-0.2, 0) is 9.59 Å². The molecule has 0 aliphatic heterocycles. The van der Waals surface area contributed by atoms with Crippen LogP contribution in [0.4, 0.5) is 5.69 Å². The number of carboxylic acids is 1. The summed E-state index contributed by atoms with van der Waals surface area (Å²) < 4.78 is 5.92. The second-order valence-electron chi connectivity index (χ2n) is 10.6. The van der Waals surface area contributed by atoms with Crippen LogP contribution in [0, 0.1) is 18.8 Å². The van der Waals surface area contributed by atoms with Crippen LogP contribution in [0.1, 0.15) is 106 Å². The number of carboxylic acid groups (broad SMARTS) is 1. The highest BCUT2D eigenvalue weighted by atomic mass is 35.5. The summed E-state index contributed by atoms with van der Waals surface area (Å²) in [6.07, 6.45) is 6.15. The largest absolute Gasteiger partial charge is 0.481 e. The van der Waals surface area contributed by atoms with Crippen molar-refractivity contribution >= 4 is 29.2 Å². The minimum absolute atomic E-state index is 0.0184. The van der Waals surface area contributed by atoms with Crippen LogP contribution in [0.25, 0.3) is 0 Å². The Morgan fingerprint density at radius 1 is 1.24 bits per heavy atom. The molecule has 0 spiro atoms. The molecular formula is C27H35ClN2O4. The summed E-state index contributed by atoms with van der Waals surface area (Å²) in [5.41, 5.74) is 3.52. The molecule has 0 unspecified atom stereocenters. The van der Waals surface area contributed by atoms with Crippen molar-refractivity contribution in [3.8, 4) is 0 Å². The Labute approximate surface area is 206 Å². The number of hydrogen-bond donors (Lipinski definition) is 2. The van der Waals surface area contributed by atoms with Gasteiger partial charge in [0, 0.05) is 30.2 Å². The first-order valence-electron chi connectivity index (χ1n) is 12.5. The lowest BCUT2D eigenvalue weighted by atomic mass is 9.69. The molecule has 1 heterocycles. The lowest BCUT2D eigenvalue weighted by molar-refractivity contribution is -0.137. The van der Waals surface area contributed by atoms with Gasteiger partial charge in [0.2, 0.25) is 5.91 Å². The van der Waals surface area contributed by atoms with Crippen LogP contribution >= 0.6 is 11.6 Å². The number of rotatable bonds is 11. The van der Waals surface area contributed by atoms with Gasteiger partial charge in [-0.3, -0.25) is 9.59 Å². The van der Waals surface area contributed by atoms with E-state index < -0.39 is 5.97 Å². The minimum Gasteiger partial charge on any atom is -0.481 e. The number of aromatic nitrogens is 1. The van der Waals surface area contributed by atoms with Gasteiger partial charge in [0.05, 0.1) is 16.4 Å². The van der Waals surface area contributed by atoms with E-state index in [2.05, 4.69) is 24.3 Å². The maximum absolute atomic E-state index is 13.0. The molecule has 2 N–H and O–H groups in total. The first-order chi connectivity index (χ1) is 16.2. The zero-order valence-electron chi connectivity index (χ0n) is 20.3. The molecule has 2 saturated carbocycles. The fourth-order valence-electron chi connectivity index (χ4n) is 5.28. The van der Waals surface area contributed by atoms with Gasteiger partial charge in [0.1, 0.15) is 5.76 Å². The highest BCUT2D eigenvalue weighted by Gasteiger charge is 2.41. The third-order valence-corrected chi connectivity index (χ3v) is 7.42. The number of carbonyl (C=O) groups excluding carboxylic acids is 1. The molecule has 184 valence electrons. The van der Waals surface area contributed by atoms with E-state index in [1.54, 1.807) is 12.1 Å². The molecule has 1 amide bonds. The van der Waals surface area contributed by atoms with Crippen molar-refractivity contribution in [3.05, 3.63) is 45.8 Å². The molecule has 0 bridgehead atoms. The Kier molecular flexibility index (Phi) is 7.66. The summed E-state index contributed by atoms with van der Waals surface area (Å²) in [7, 11) is 0. The van der Waals surface area contributed by atoms with Crippen LogP contribution in [-0.4, -0.2) is 22.1 Å². The first kappa shape index (κ1) is 24.8. The van der Waals surface area contributed by atoms with E-state index in [1.165, 1.54) is 6.42 Å². The first-order valence-corrected chi connectivity index (χ1v) is 12.9. The average molecular weight is 487 g/mol. The molecule has 2 aromatic rings. The molecule has 1 atom stereocenters. The van der Waals surface area contributed by atoms with Gasteiger partial charge in [-0.05, 0) is 80.9 Å². The number of aryl methyl sites for hydroxylation is 1. The highest BCUT2D eigenvalue weighted by Crippen LogP contribution is 2.52. The van der Waals surface area contributed by atoms with Crippen molar-refractivity contribution in [3.63, 3.8) is 0 Å². The summed E-state index contributed by atoms with van der Waals surface area (Å²) in [4.78, 5) is 24.3. The molecular weight excluding hydrogens is 452 g/mol. The third kappa shape index (κ3) is 6.01. The van der Waals surface area contributed by atoms with E-state index >= 15 is 0 Å². The molecule has 2 aliphatic carbocycles. The number of halogens is 1. The smallest absolute Gasteiger partial charge is 0.303 e. The van der Waals surface area contributed by atoms with E-state index in [0.29, 0.717) is 34.9 Å². The zero-order chi connectivity index (χ0) is 24.4. The van der Waals surface area contributed by atoms with Crippen molar-refractivity contribution in [2.24, 2.45) is 11.8 Å². The molecule has 2 aliphatic rings. The number of anilines is 1. The molecule has 0 radical (unpaired) electrons. The minimum atomic E-state index is -0.876. The normalized spacial score (nSPS) is 20.7. The van der Waals surface area contributed by atoms with Gasteiger partial charge in [0.25, 0.3) is 0 Å². The van der Waals surface area contributed by atoms with E-state index in [0.717, 1.165) is 54.2 Å². The van der Waals surface area contributed by atoms with Crippen LogP contribution in [0.15, 0.2) is 22.7 Å². The van der Waals surface area contributed by atoms with Crippen LogP contribution in [0.2, 0.25) is 5.02 Å². The lowest BCUT2D eigenvalue weighted by Gasteiger charge is -2.35. The van der Waals surface area contributed by atoms with Gasteiger partial charge in [0.15, 0.2) is 0 Å². The molecule has 2 fully saturated rings. The molecule has 4 rings (SSSR count). The molecule has 0 saturated heterocycles. The van der Waals surface area contributed by atoms with Gasteiger partial charge in [-0.15, -0.1) is 0 Å². The third-order valence-electron chi connectivity index (χ3n) is 7.10. The van der Waals surface area contributed by atoms with E-state index in [4.69, 9.17) is 16.1 Å². The van der Waals surface area contributed by atoms with Crippen molar-refractivity contribution in [2.45, 2.75) is 89.9 Å². The van der Waals surface area contributed by atoms with Gasteiger partial charge < -0.3 is 14.9 Å². The van der Waals surface area contributed by atoms with Crippen LogP contribution < -0.4 is 5.32 Å². The quantitative estimate of drug-likeness (QED) is 0.355. The van der Waals surface area contributed by atoms with Gasteiger partial charge in [-0.1, -0.05) is 36.7 Å². The van der Waals surface area contributed by atoms with Crippen molar-refractivity contribution in [1.82, 2.24) is 5.16 Å². The second-order valence-corrected chi connectivity index (χ2v) is 11.1. The summed E-state index contributed by atoms with van der Waals surface area (Å²) in [6.45, 7) is 6.46. The standard InChI is InChI=1S/C27H35ClN2O4/c1-15(2)10-17-12-20(13-17)27-25(18-5-6-18)26(30-34-27)19(7-9-24(32)33)14-23(31)29-22-8-4-16(3)11-21(22)28/h4,8,11,15,17-20H,5-7,9-10,12-14H2,1-3H3,(H,29,31)(H,32,33)/t17-,19-,20+/m1/s1. The van der Waals surface area contributed by atoms with Crippen molar-refractivity contribution in [1.29, 1.82) is 0 Å². The predicted molar refractivity (Wildman–Crippen MR) is 132 cm³/mol. The molecule has 7 heteroatoms. The fraction of sp³-hybridized carbons (Fsp3) is 0.593. The van der Waals surface area contributed by atoms with E-state index in [1.807, 2.05) is 13.0 Å². The van der Waals surface area contributed by atoms with Gasteiger partial charge in [-0.2, -0.15) is 0 Å². The number of nitrogens with one attached hydrogen (secondary N) is 1. The number of aliphatic carboxylic acids is 1. The number of benzene rings is 1. The van der Waals surface area contributed by atoms with Gasteiger partial charge in [-0.25, -0.2) is 0 Å². The van der Waals surface area contributed by atoms with Crippen LogP contribution in [0.5, 0.6) is 0 Å². The topological polar surface area (TPSA) is 92.4 Å². The number of hydrogen-bond acceptors (Lipinski definition) is 4. The highest BCUT2D eigenvalue weighted by molar-refractivity contribution is 6.33. The zero-order valence-corrected chi connectivity index (χ0v) is 21.0. The summed E-state index contributed by atoms with van der Waals surface area (Å²) in [5.74, 6) is 1.84. The SMILES string of the molecule is Cc1ccc(NC(=O)C[C@@H](CCC(=O)O)c2noc([C@H]3C[C@@H](CC(C)C)C3)c2C2CC2)c(Cl)c1. The van der Waals surface area contributed by atoms with Crippen molar-refractivity contribution < 1.29 is 19.2 Å². The average Bonchev–Trinajstić information content (AvgIpc) is 3.48. The van der Waals surface area contributed by atoms with Crippen LogP contribution in [0.3, 0.4) is 0 Å². The van der Waals surface area contributed by atoms with E-state index in [9.17, 15) is 14.7 Å². The molecule has 6 nitrogen and oxygen atoms in total.